The van der Waals surface area contributed by atoms with Gasteiger partial charge in [-0.15, -0.1) is 11.6 Å². The van der Waals surface area contributed by atoms with Crippen molar-refractivity contribution in [3.8, 4) is 0 Å². The highest BCUT2D eigenvalue weighted by Gasteiger charge is 2.13. The van der Waals surface area contributed by atoms with Crippen molar-refractivity contribution in [3.05, 3.63) is 29.3 Å². The first-order chi connectivity index (χ1) is 8.33. The SMILES string of the molecule is Cc1ccc(S(=O)(=O)NCCCC(C)Cl)cc1C. The van der Waals surface area contributed by atoms with Gasteiger partial charge in [0, 0.05) is 11.9 Å². The van der Waals surface area contributed by atoms with Crippen LogP contribution in [0.15, 0.2) is 23.1 Å². The van der Waals surface area contributed by atoms with Crippen LogP contribution in [0.3, 0.4) is 0 Å². The van der Waals surface area contributed by atoms with Gasteiger partial charge in [-0.25, -0.2) is 13.1 Å². The van der Waals surface area contributed by atoms with Crippen molar-refractivity contribution >= 4 is 21.6 Å². The monoisotopic (exact) mass is 289 g/mol. The second-order valence-corrected chi connectivity index (χ2v) is 7.08. The van der Waals surface area contributed by atoms with Gasteiger partial charge in [0.15, 0.2) is 0 Å². The van der Waals surface area contributed by atoms with Crippen molar-refractivity contribution in [2.75, 3.05) is 6.54 Å². The van der Waals surface area contributed by atoms with Gasteiger partial charge in [0.2, 0.25) is 10.0 Å². The fourth-order valence-electron chi connectivity index (χ4n) is 1.55. The highest BCUT2D eigenvalue weighted by Crippen LogP contribution is 2.14. The average Bonchev–Trinajstić information content (AvgIpc) is 2.28. The Morgan fingerprint density at radius 1 is 1.28 bits per heavy atom. The van der Waals surface area contributed by atoms with Crippen LogP contribution in [0.25, 0.3) is 0 Å². The molecular weight excluding hydrogens is 270 g/mol. The molecule has 1 aromatic rings. The third-order valence-electron chi connectivity index (χ3n) is 2.86. The number of hydrogen-bond donors (Lipinski definition) is 1. The van der Waals surface area contributed by atoms with Crippen LogP contribution in [0.5, 0.6) is 0 Å². The molecule has 1 N–H and O–H groups in total. The normalized spacial score (nSPS) is 13.6. The van der Waals surface area contributed by atoms with E-state index in [1.165, 1.54) is 0 Å². The molecule has 1 atom stereocenters. The first-order valence-electron chi connectivity index (χ1n) is 6.04. The lowest BCUT2D eigenvalue weighted by molar-refractivity contribution is 0.576. The quantitative estimate of drug-likeness (QED) is 0.646. The van der Waals surface area contributed by atoms with Crippen LogP contribution >= 0.6 is 11.6 Å². The van der Waals surface area contributed by atoms with Gasteiger partial charge in [-0.1, -0.05) is 6.07 Å². The number of alkyl halides is 1. The number of aryl methyl sites for hydroxylation is 2. The van der Waals surface area contributed by atoms with Crippen LogP contribution in [-0.2, 0) is 10.0 Å². The predicted molar refractivity (Wildman–Crippen MR) is 75.7 cm³/mol. The Labute approximate surface area is 115 Å². The largest absolute Gasteiger partial charge is 0.240 e. The number of sulfonamides is 1. The Morgan fingerprint density at radius 2 is 1.94 bits per heavy atom. The minimum absolute atomic E-state index is 0.0797. The molecule has 0 heterocycles. The van der Waals surface area contributed by atoms with Gasteiger partial charge in [0.25, 0.3) is 0 Å². The molecule has 102 valence electrons. The summed E-state index contributed by atoms with van der Waals surface area (Å²) in [5.41, 5.74) is 2.07. The van der Waals surface area contributed by atoms with E-state index < -0.39 is 10.0 Å². The first kappa shape index (κ1) is 15.5. The average molecular weight is 290 g/mol. The van der Waals surface area contributed by atoms with Gasteiger partial charge < -0.3 is 0 Å². The highest BCUT2D eigenvalue weighted by molar-refractivity contribution is 7.89. The van der Waals surface area contributed by atoms with Crippen LogP contribution < -0.4 is 4.72 Å². The minimum Gasteiger partial charge on any atom is -0.211 e. The molecule has 1 rings (SSSR count). The molecule has 0 aliphatic rings. The second-order valence-electron chi connectivity index (χ2n) is 4.57. The molecule has 0 spiro atoms. The summed E-state index contributed by atoms with van der Waals surface area (Å²) in [5.74, 6) is 0. The Morgan fingerprint density at radius 3 is 2.50 bits per heavy atom. The van der Waals surface area contributed by atoms with Crippen LogP contribution in [0.2, 0.25) is 0 Å². The highest BCUT2D eigenvalue weighted by atomic mass is 35.5. The molecule has 0 fully saturated rings. The summed E-state index contributed by atoms with van der Waals surface area (Å²) >= 11 is 5.81. The number of halogens is 1. The third-order valence-corrected chi connectivity index (χ3v) is 4.54. The predicted octanol–water partition coefficient (Wildman–Crippen LogP) is 2.99. The molecule has 0 aromatic heterocycles. The molecule has 0 saturated heterocycles. The first-order valence-corrected chi connectivity index (χ1v) is 7.96. The maximum Gasteiger partial charge on any atom is 0.240 e. The molecular formula is C13H20ClNO2S. The molecule has 5 heteroatoms. The molecule has 0 saturated carbocycles. The molecule has 0 amide bonds. The van der Waals surface area contributed by atoms with Crippen molar-refractivity contribution in [3.63, 3.8) is 0 Å². The Kier molecular flexibility index (Phi) is 5.63. The molecule has 0 aliphatic heterocycles. The van der Waals surface area contributed by atoms with Crippen molar-refractivity contribution < 1.29 is 8.42 Å². The van der Waals surface area contributed by atoms with Gasteiger partial charge in [-0.3, -0.25) is 0 Å². The molecule has 1 unspecified atom stereocenters. The van der Waals surface area contributed by atoms with Crippen molar-refractivity contribution in [1.29, 1.82) is 0 Å². The number of rotatable bonds is 6. The Bertz CT molecular complexity index is 498. The van der Waals surface area contributed by atoms with E-state index in [-0.39, 0.29) is 5.38 Å². The van der Waals surface area contributed by atoms with Crippen LogP contribution in [-0.4, -0.2) is 20.3 Å². The smallest absolute Gasteiger partial charge is 0.211 e. The molecule has 3 nitrogen and oxygen atoms in total. The summed E-state index contributed by atoms with van der Waals surface area (Å²) in [4.78, 5) is 0.324. The summed E-state index contributed by atoms with van der Waals surface area (Å²) in [6.07, 6.45) is 1.55. The van der Waals surface area contributed by atoms with Gasteiger partial charge in [0.05, 0.1) is 4.90 Å². The summed E-state index contributed by atoms with van der Waals surface area (Å²) < 4.78 is 26.6. The van der Waals surface area contributed by atoms with Crippen molar-refractivity contribution in [2.45, 2.75) is 43.9 Å². The lowest BCUT2D eigenvalue weighted by atomic mass is 10.1. The van der Waals surface area contributed by atoms with Gasteiger partial charge in [0.1, 0.15) is 0 Å². The molecule has 18 heavy (non-hydrogen) atoms. The zero-order valence-electron chi connectivity index (χ0n) is 11.0. The minimum atomic E-state index is -3.39. The number of hydrogen-bond acceptors (Lipinski definition) is 2. The van der Waals surface area contributed by atoms with Crippen molar-refractivity contribution in [1.82, 2.24) is 4.72 Å². The Balaban J connectivity index is 2.66. The fraction of sp³-hybridized carbons (Fsp3) is 0.538. The van der Waals surface area contributed by atoms with Crippen LogP contribution in [0, 0.1) is 13.8 Å². The van der Waals surface area contributed by atoms with E-state index in [2.05, 4.69) is 4.72 Å². The third kappa shape index (κ3) is 4.59. The van der Waals surface area contributed by atoms with Crippen molar-refractivity contribution in [2.24, 2.45) is 0 Å². The molecule has 1 aromatic carbocycles. The molecule has 0 bridgehead atoms. The Hall–Kier alpha value is -0.580. The van der Waals surface area contributed by atoms with E-state index >= 15 is 0 Å². The number of benzene rings is 1. The topological polar surface area (TPSA) is 46.2 Å². The van der Waals surface area contributed by atoms with E-state index in [0.717, 1.165) is 24.0 Å². The summed E-state index contributed by atoms with van der Waals surface area (Å²) in [6.45, 7) is 6.19. The standard InChI is InChI=1S/C13H20ClNO2S/c1-10-6-7-13(9-11(10)2)18(16,17)15-8-4-5-12(3)14/h6-7,9,12,15H,4-5,8H2,1-3H3. The van der Waals surface area contributed by atoms with Gasteiger partial charge >= 0.3 is 0 Å². The summed E-state index contributed by atoms with van der Waals surface area (Å²) in [5, 5.41) is 0.0797. The van der Waals surface area contributed by atoms with E-state index in [1.807, 2.05) is 26.8 Å². The lowest BCUT2D eigenvalue weighted by Gasteiger charge is -2.09. The van der Waals surface area contributed by atoms with Gasteiger partial charge in [-0.2, -0.15) is 0 Å². The summed E-state index contributed by atoms with van der Waals surface area (Å²) in [7, 11) is -3.39. The maximum absolute atomic E-state index is 12.0. The lowest BCUT2D eigenvalue weighted by Crippen LogP contribution is -2.25. The fourth-order valence-corrected chi connectivity index (χ4v) is 2.87. The zero-order chi connectivity index (χ0) is 13.8. The maximum atomic E-state index is 12.0. The van der Waals surface area contributed by atoms with E-state index in [4.69, 9.17) is 11.6 Å². The molecule has 0 aliphatic carbocycles. The molecule has 0 radical (unpaired) electrons. The van der Waals surface area contributed by atoms with E-state index in [0.29, 0.717) is 11.4 Å². The van der Waals surface area contributed by atoms with Gasteiger partial charge in [-0.05, 0) is 56.9 Å². The summed E-state index contributed by atoms with van der Waals surface area (Å²) in [6, 6.07) is 5.15. The zero-order valence-corrected chi connectivity index (χ0v) is 12.6. The van der Waals surface area contributed by atoms with E-state index in [9.17, 15) is 8.42 Å². The second kappa shape index (κ2) is 6.55. The number of nitrogens with one attached hydrogen (secondary N) is 1. The van der Waals surface area contributed by atoms with Crippen LogP contribution in [0.4, 0.5) is 0 Å². The van der Waals surface area contributed by atoms with E-state index in [1.54, 1.807) is 12.1 Å². The van der Waals surface area contributed by atoms with Crippen LogP contribution in [0.1, 0.15) is 30.9 Å².